The van der Waals surface area contributed by atoms with E-state index in [9.17, 15) is 0 Å². The van der Waals surface area contributed by atoms with Crippen LogP contribution in [-0.4, -0.2) is 0 Å². The average Bonchev–Trinajstić information content (AvgIpc) is 1.55. The molecule has 0 aromatic rings. The third kappa shape index (κ3) is 39.3. The molecule has 0 aliphatic heterocycles. The van der Waals surface area contributed by atoms with E-state index in [4.69, 9.17) is 0 Å². The van der Waals surface area contributed by atoms with Gasteiger partial charge in [0.15, 0.2) is 0 Å². The van der Waals surface area contributed by atoms with Crippen molar-refractivity contribution in [3.8, 4) is 0 Å². The van der Waals surface area contributed by atoms with E-state index in [1.54, 1.807) is 0 Å². The zero-order valence-electron chi connectivity index (χ0n) is 94.2. The first-order chi connectivity index (χ1) is 58.8. The highest BCUT2D eigenvalue weighted by molar-refractivity contribution is 5.30. The van der Waals surface area contributed by atoms with Gasteiger partial charge >= 0.3 is 0 Å². The summed E-state index contributed by atoms with van der Waals surface area (Å²) in [7, 11) is 0. The Labute approximate surface area is 806 Å². The number of hydrogen-bond donors (Lipinski definition) is 0. The molecule has 26 unspecified atom stereocenters. The lowest BCUT2D eigenvalue weighted by atomic mass is 9.48. The van der Waals surface area contributed by atoms with Crippen LogP contribution in [0.5, 0.6) is 0 Å². The fraction of sp³-hybridized carbons (Fsp3) is 0.828. The maximum Gasteiger partial charge on any atom is -0.00357 e. The fourth-order valence-corrected chi connectivity index (χ4v) is 29.0. The minimum atomic E-state index is 0.267. The molecule has 128 heavy (non-hydrogen) atoms. The van der Waals surface area contributed by atoms with Gasteiger partial charge in [-0.05, 0) is 431 Å². The van der Waals surface area contributed by atoms with Crippen LogP contribution in [0.1, 0.15) is 481 Å². The second kappa shape index (κ2) is 53.7. The van der Waals surface area contributed by atoms with Crippen molar-refractivity contribution in [2.24, 2.45) is 198 Å². The Bertz CT molecular complexity index is 3410. The summed E-state index contributed by atoms with van der Waals surface area (Å²) in [6, 6.07) is 0. The maximum absolute atomic E-state index is 4.55. The van der Waals surface area contributed by atoms with E-state index >= 15 is 0 Å². The van der Waals surface area contributed by atoms with Gasteiger partial charge in [0.25, 0.3) is 0 Å². The zero-order valence-corrected chi connectivity index (χ0v) is 94.2. The Morgan fingerprint density at radius 1 is 0.359 bits per heavy atom. The summed E-state index contributed by atoms with van der Waals surface area (Å²) in [6.45, 7) is 131. The van der Waals surface area contributed by atoms with Gasteiger partial charge in [-0.1, -0.05) is 355 Å². The topological polar surface area (TPSA) is 0 Å². The van der Waals surface area contributed by atoms with E-state index in [1.807, 2.05) is 0 Å². The van der Waals surface area contributed by atoms with Crippen molar-refractivity contribution in [2.75, 3.05) is 0 Å². The van der Waals surface area contributed by atoms with Crippen molar-refractivity contribution in [1.29, 1.82) is 0 Å². The van der Waals surface area contributed by atoms with Crippen LogP contribution in [-0.2, 0) is 0 Å². The number of hydrogen-bond acceptors (Lipinski definition) is 0. The molecule has 6 fully saturated rings. The molecule has 0 heteroatoms. The molecule has 0 aromatic carbocycles. The first kappa shape index (κ1) is 119. The molecule has 6 aliphatic rings. The molecular formula is C128H230. The van der Waals surface area contributed by atoms with Crippen LogP contribution in [0.2, 0.25) is 0 Å². The monoisotopic (exact) mass is 1770 g/mol. The number of allylic oxidation sites excluding steroid dienone is 13. The average molecular weight is 1770 g/mol. The van der Waals surface area contributed by atoms with E-state index in [0.29, 0.717) is 27.1 Å². The largest absolute Gasteiger partial charge is 0.100 e. The summed E-state index contributed by atoms with van der Waals surface area (Å²) in [6.07, 6.45) is 51.9. The summed E-state index contributed by atoms with van der Waals surface area (Å²) in [4.78, 5) is 0. The third-order valence-corrected chi connectivity index (χ3v) is 38.1. The van der Waals surface area contributed by atoms with E-state index < -0.39 is 0 Å². The molecule has 26 atom stereocenters. The van der Waals surface area contributed by atoms with Crippen molar-refractivity contribution in [1.82, 2.24) is 0 Å². The summed E-state index contributed by atoms with van der Waals surface area (Å²) in [5.41, 5.74) is 15.7. The molecule has 6 saturated carbocycles. The summed E-state index contributed by atoms with van der Waals surface area (Å²) >= 11 is 0. The van der Waals surface area contributed by atoms with Crippen LogP contribution < -0.4 is 0 Å². The van der Waals surface area contributed by atoms with Gasteiger partial charge in [-0.3, -0.25) is 0 Å². The van der Waals surface area contributed by atoms with Gasteiger partial charge < -0.3 is 0 Å². The highest BCUT2D eigenvalue weighted by atomic mass is 14.7. The third-order valence-electron chi connectivity index (χ3n) is 38.1. The molecule has 0 heterocycles. The Morgan fingerprint density at radius 3 is 0.922 bits per heavy atom. The van der Waals surface area contributed by atoms with Gasteiger partial charge in [-0.2, -0.15) is 0 Å². The highest BCUT2D eigenvalue weighted by Gasteiger charge is 2.63. The maximum atomic E-state index is 4.55. The predicted octanol–water partition coefficient (Wildman–Crippen LogP) is 42.1. The second-order valence-corrected chi connectivity index (χ2v) is 54.3. The Hall–Kier alpha value is -2.86. The lowest BCUT2D eigenvalue weighted by molar-refractivity contribution is -0.0426. The molecule has 0 amide bonds. The fourth-order valence-electron chi connectivity index (χ4n) is 29.0. The van der Waals surface area contributed by atoms with Crippen LogP contribution >= 0.6 is 0 Å². The molecule has 0 N–H and O–H groups in total. The van der Waals surface area contributed by atoms with Crippen molar-refractivity contribution in [2.45, 2.75) is 481 Å². The van der Waals surface area contributed by atoms with Gasteiger partial charge in [0, 0.05) is 0 Å². The van der Waals surface area contributed by atoms with E-state index in [-0.39, 0.29) is 10.8 Å². The molecule has 2 bridgehead atoms. The molecule has 6 aliphatic carbocycles. The van der Waals surface area contributed by atoms with Crippen LogP contribution in [0, 0.1) is 198 Å². The number of fused-ring (bicyclic) bond motifs is 2. The molecule has 0 aromatic heterocycles. The Morgan fingerprint density at radius 2 is 0.641 bits per heavy atom. The zero-order chi connectivity index (χ0) is 98.0. The van der Waals surface area contributed by atoms with E-state index in [2.05, 4.69) is 341 Å². The van der Waals surface area contributed by atoms with Crippen LogP contribution in [0.25, 0.3) is 0 Å². The first-order valence-electron chi connectivity index (χ1n) is 55.1. The Balaban J connectivity index is 0.000000446. The second-order valence-electron chi connectivity index (χ2n) is 54.3. The van der Waals surface area contributed by atoms with Crippen molar-refractivity contribution >= 4 is 0 Å². The SMILES string of the molecule is C=C(C)CC(C)(C)CC(=C)CCC1CC(CC(C)CC(C)C(C)C)C(C)C(C)C1C.C=C(C)CC(C)(C)CC(=C)CCC1CC(CC(C)CCC)C(C)C(C)C1C.C=C(C)CC(C)(C)CC(=C)CCC1CC(CC(C)CCCC(C)C)C(C)C(C)C1C.C=C(C)CC(C)(C)CC(=C)CCC1CC(CC2CC3(C)CCC(C)(C2)C3(C)/C=C\C=C(/C)C(=C)C)C(C)C(C)C1C. The first-order valence-corrected chi connectivity index (χ1v) is 55.1. The minimum absolute atomic E-state index is 0.267. The summed E-state index contributed by atoms with van der Waals surface area (Å²) in [5, 5.41) is 0. The summed E-state index contributed by atoms with van der Waals surface area (Å²) < 4.78 is 0. The van der Waals surface area contributed by atoms with Crippen LogP contribution in [0.4, 0.5) is 0 Å². The lowest BCUT2D eigenvalue weighted by Crippen LogP contribution is -2.48. The predicted molar refractivity (Wildman–Crippen MR) is 583 cm³/mol. The van der Waals surface area contributed by atoms with Crippen LogP contribution in [0.3, 0.4) is 0 Å². The molecule has 6 rings (SSSR count). The van der Waals surface area contributed by atoms with E-state index in [0.717, 1.165) is 211 Å². The molecule has 742 valence electrons. The smallest absolute Gasteiger partial charge is 0.00357 e. The Kier molecular flexibility index (Phi) is 50.1. The number of rotatable bonds is 48. The molecule has 0 nitrogen and oxygen atoms in total. The van der Waals surface area contributed by atoms with Crippen LogP contribution in [0.15, 0.2) is 133 Å². The van der Waals surface area contributed by atoms with Gasteiger partial charge in [0.1, 0.15) is 0 Å². The van der Waals surface area contributed by atoms with E-state index in [1.165, 1.54) is 223 Å². The normalized spacial score (nSPS) is 32.7. The molecule has 0 radical (unpaired) electrons. The highest BCUT2D eigenvalue weighted by Crippen LogP contribution is 2.72. The lowest BCUT2D eigenvalue weighted by Gasteiger charge is -2.56. The van der Waals surface area contributed by atoms with Crippen molar-refractivity contribution in [3.05, 3.63) is 133 Å². The van der Waals surface area contributed by atoms with Crippen molar-refractivity contribution in [3.63, 3.8) is 0 Å². The van der Waals surface area contributed by atoms with Gasteiger partial charge in [-0.25, -0.2) is 0 Å². The van der Waals surface area contributed by atoms with Gasteiger partial charge in [0.05, 0.1) is 0 Å². The molecule has 0 spiro atoms. The molecule has 0 saturated heterocycles. The molecular weight excluding hydrogens is 1540 g/mol. The summed E-state index contributed by atoms with van der Waals surface area (Å²) in [5.74, 6) is 23.3. The van der Waals surface area contributed by atoms with Crippen molar-refractivity contribution < 1.29 is 0 Å². The van der Waals surface area contributed by atoms with Gasteiger partial charge in [0.2, 0.25) is 0 Å². The minimum Gasteiger partial charge on any atom is -0.100 e. The van der Waals surface area contributed by atoms with Gasteiger partial charge in [-0.15, -0.1) is 26.3 Å². The standard InChI is InChI=1S/C41H68.2C30H56.C27H50/c1-28(2)24-38(10,11)25-30(5)17-18-36-23-37(34(9)32(7)33(36)8)22-35-26-39(12)20-21-40(13,27-35)41(39,14)19-15-16-31(6)29(3)4;1-20(2)18-30(11,12)19-22(5)13-14-28-17-29(27(10)25(8)26(28)9)16-23(6)15-24(7)21(3)4;1-21(2)13-12-14-23(5)17-29-18-28(26(8)25(7)27(29)9)16-15-24(6)20-30(10,11)19-22(3)4;1-11-12-20(4)15-26-16-25(23(7)22(6)24(26)8)14-13-21(5)18-27(9,10)17-19(2)3/h15-16,19,32-37H,1,3,5,17-18,20-27H2,2,4,6-14H3;21,23-29H,1,5,13-19H2,2-4,6-12H3;21,23,25-29H,3,6,12-20H2,1-2,4-5,7-11H3;20,22-26H,2,5,11-18H2,1,3-4,6-10H3/b19-15-,31-16+;;;. The quantitative estimate of drug-likeness (QED) is 0.0421.